The molecule has 9 heteroatoms. The van der Waals surface area contributed by atoms with Crippen LogP contribution in [0.2, 0.25) is 0 Å². The monoisotopic (exact) mass is 483 g/mol. The molecule has 0 aliphatic rings. The Kier molecular flexibility index (Phi) is 8.21. The molecule has 0 fully saturated rings. The molecule has 7 nitrogen and oxygen atoms in total. The Hall–Kier alpha value is -2.39. The van der Waals surface area contributed by atoms with Crippen LogP contribution in [0.3, 0.4) is 0 Å². The third kappa shape index (κ3) is 6.30. The summed E-state index contributed by atoms with van der Waals surface area (Å²) in [4.78, 5) is 37.3. The van der Waals surface area contributed by atoms with E-state index in [2.05, 4.69) is 21.2 Å². The number of halogens is 1. The molecule has 0 radical (unpaired) electrons. The zero-order valence-corrected chi connectivity index (χ0v) is 18.9. The molecule has 1 heterocycles. The molecule has 2 aromatic rings. The highest BCUT2D eigenvalue weighted by atomic mass is 79.9. The number of carbonyl (C=O) groups excluding carboxylic acids is 3. The summed E-state index contributed by atoms with van der Waals surface area (Å²) in [6, 6.07) is 7.07. The maximum atomic E-state index is 12.4. The fraction of sp³-hybridized carbons (Fsp3) is 0.350. The van der Waals surface area contributed by atoms with E-state index in [0.29, 0.717) is 11.3 Å². The lowest BCUT2D eigenvalue weighted by Crippen LogP contribution is -2.21. The highest BCUT2D eigenvalue weighted by molar-refractivity contribution is 9.10. The summed E-state index contributed by atoms with van der Waals surface area (Å²) in [5.41, 5.74) is 0.547. The number of hydrogen-bond acceptors (Lipinski definition) is 7. The van der Waals surface area contributed by atoms with Crippen LogP contribution >= 0.6 is 27.3 Å². The van der Waals surface area contributed by atoms with Gasteiger partial charge in [0.1, 0.15) is 15.6 Å². The van der Waals surface area contributed by atoms with E-state index in [1.165, 1.54) is 0 Å². The Balaban J connectivity index is 2.21. The van der Waals surface area contributed by atoms with Crippen molar-refractivity contribution in [1.82, 2.24) is 0 Å². The molecule has 0 aliphatic heterocycles. The minimum absolute atomic E-state index is 0.142. The molecule has 1 aromatic carbocycles. The topological polar surface area (TPSA) is 90.9 Å². The molecule has 1 amide bonds. The lowest BCUT2D eigenvalue weighted by atomic mass is 10.1. The third-order valence-corrected chi connectivity index (χ3v) is 5.25. The summed E-state index contributed by atoms with van der Waals surface area (Å²) < 4.78 is 16.6. The first kappa shape index (κ1) is 22.9. The SMILES string of the molecule is CCOC(=O)c1c(NC(=O)COc2cccc(Br)c2)sc(C(=O)OC(C)C)c1C. The highest BCUT2D eigenvalue weighted by Crippen LogP contribution is 2.34. The number of nitrogens with one attached hydrogen (secondary N) is 1. The van der Waals surface area contributed by atoms with E-state index < -0.39 is 17.8 Å². The number of hydrogen-bond donors (Lipinski definition) is 1. The minimum Gasteiger partial charge on any atom is -0.484 e. The first-order chi connectivity index (χ1) is 13.7. The maximum Gasteiger partial charge on any atom is 0.348 e. The van der Waals surface area contributed by atoms with E-state index in [1.54, 1.807) is 45.9 Å². The molecule has 0 saturated heterocycles. The molecule has 1 N–H and O–H groups in total. The second-order valence-corrected chi connectivity index (χ2v) is 8.17. The Morgan fingerprint density at radius 3 is 2.55 bits per heavy atom. The number of ether oxygens (including phenoxy) is 3. The van der Waals surface area contributed by atoms with E-state index in [9.17, 15) is 14.4 Å². The van der Waals surface area contributed by atoms with Gasteiger partial charge in [-0.15, -0.1) is 11.3 Å². The van der Waals surface area contributed by atoms with Crippen LogP contribution < -0.4 is 10.1 Å². The predicted molar refractivity (Wildman–Crippen MR) is 114 cm³/mol. The standard InChI is InChI=1S/C20H22BrNO6S/c1-5-26-19(24)16-12(4)17(20(25)28-11(2)3)29-18(16)22-15(23)10-27-14-8-6-7-13(21)9-14/h6-9,11H,5,10H2,1-4H3,(H,22,23). The van der Waals surface area contributed by atoms with E-state index in [0.717, 1.165) is 15.8 Å². The molecule has 0 unspecified atom stereocenters. The molecule has 0 atom stereocenters. The fourth-order valence-electron chi connectivity index (χ4n) is 2.38. The normalized spacial score (nSPS) is 10.6. The molecular weight excluding hydrogens is 462 g/mol. The van der Waals surface area contributed by atoms with E-state index in [1.807, 2.05) is 6.07 Å². The van der Waals surface area contributed by atoms with Crippen molar-refractivity contribution in [3.05, 3.63) is 44.7 Å². The van der Waals surface area contributed by atoms with Crippen molar-refractivity contribution in [3.63, 3.8) is 0 Å². The van der Waals surface area contributed by atoms with Crippen molar-refractivity contribution >= 4 is 50.1 Å². The number of thiophene rings is 1. The summed E-state index contributed by atoms with van der Waals surface area (Å²) in [7, 11) is 0. The fourth-order valence-corrected chi connectivity index (χ4v) is 3.85. The van der Waals surface area contributed by atoms with Gasteiger partial charge in [-0.3, -0.25) is 4.79 Å². The van der Waals surface area contributed by atoms with Crippen LogP contribution in [0.25, 0.3) is 0 Å². The van der Waals surface area contributed by atoms with Crippen LogP contribution in [-0.2, 0) is 14.3 Å². The van der Waals surface area contributed by atoms with E-state index >= 15 is 0 Å². The molecule has 0 aliphatic carbocycles. The molecule has 156 valence electrons. The number of esters is 2. The van der Waals surface area contributed by atoms with Crippen molar-refractivity contribution in [2.75, 3.05) is 18.5 Å². The van der Waals surface area contributed by atoms with Gasteiger partial charge in [-0.25, -0.2) is 9.59 Å². The average molecular weight is 484 g/mol. The van der Waals surface area contributed by atoms with Crippen LogP contribution in [-0.4, -0.2) is 37.2 Å². The molecular formula is C20H22BrNO6S. The Labute approximate surface area is 181 Å². The van der Waals surface area contributed by atoms with Gasteiger partial charge >= 0.3 is 11.9 Å². The average Bonchev–Trinajstić information content (AvgIpc) is 2.96. The smallest absolute Gasteiger partial charge is 0.348 e. The van der Waals surface area contributed by atoms with Gasteiger partial charge in [0.05, 0.1) is 18.3 Å². The van der Waals surface area contributed by atoms with E-state index in [4.69, 9.17) is 14.2 Å². The lowest BCUT2D eigenvalue weighted by Gasteiger charge is -2.08. The summed E-state index contributed by atoms with van der Waals surface area (Å²) in [5, 5.41) is 2.86. The Morgan fingerprint density at radius 1 is 1.21 bits per heavy atom. The first-order valence-corrected chi connectivity index (χ1v) is 10.5. The van der Waals surface area contributed by atoms with Gasteiger partial charge < -0.3 is 19.5 Å². The maximum absolute atomic E-state index is 12.4. The van der Waals surface area contributed by atoms with Crippen LogP contribution in [0.5, 0.6) is 5.75 Å². The Bertz CT molecular complexity index is 908. The molecule has 0 spiro atoms. The molecule has 2 rings (SSSR count). The zero-order valence-electron chi connectivity index (χ0n) is 16.5. The number of benzene rings is 1. The molecule has 29 heavy (non-hydrogen) atoms. The number of amides is 1. The zero-order chi connectivity index (χ0) is 21.6. The summed E-state index contributed by atoms with van der Waals surface area (Å²) >= 11 is 4.30. The van der Waals surface area contributed by atoms with Crippen LogP contribution in [0.15, 0.2) is 28.7 Å². The summed E-state index contributed by atoms with van der Waals surface area (Å²) in [6.45, 7) is 6.66. The van der Waals surface area contributed by atoms with Gasteiger partial charge in [0.15, 0.2) is 6.61 Å². The molecule has 0 bridgehead atoms. The summed E-state index contributed by atoms with van der Waals surface area (Å²) in [5.74, 6) is -1.13. The number of anilines is 1. The van der Waals surface area contributed by atoms with Gasteiger partial charge in [0, 0.05) is 4.47 Å². The van der Waals surface area contributed by atoms with Gasteiger partial charge in [0.25, 0.3) is 5.91 Å². The summed E-state index contributed by atoms with van der Waals surface area (Å²) in [6.07, 6.45) is -0.313. The van der Waals surface area contributed by atoms with Crippen molar-refractivity contribution < 1.29 is 28.6 Å². The predicted octanol–water partition coefficient (Wildman–Crippen LogP) is 4.58. The Morgan fingerprint density at radius 2 is 1.93 bits per heavy atom. The quantitative estimate of drug-likeness (QED) is 0.552. The van der Waals surface area contributed by atoms with Gasteiger partial charge in [-0.2, -0.15) is 0 Å². The minimum atomic E-state index is -0.618. The number of carbonyl (C=O) groups is 3. The molecule has 1 aromatic heterocycles. The molecule has 0 saturated carbocycles. The van der Waals surface area contributed by atoms with Crippen molar-refractivity contribution in [3.8, 4) is 5.75 Å². The van der Waals surface area contributed by atoms with Gasteiger partial charge in [-0.05, 0) is 51.5 Å². The highest BCUT2D eigenvalue weighted by Gasteiger charge is 2.27. The van der Waals surface area contributed by atoms with Crippen LogP contribution in [0.1, 0.15) is 46.4 Å². The van der Waals surface area contributed by atoms with Crippen LogP contribution in [0.4, 0.5) is 5.00 Å². The third-order valence-electron chi connectivity index (χ3n) is 3.57. The van der Waals surface area contributed by atoms with Gasteiger partial charge in [0.2, 0.25) is 0 Å². The van der Waals surface area contributed by atoms with Crippen molar-refractivity contribution in [2.24, 2.45) is 0 Å². The van der Waals surface area contributed by atoms with Crippen molar-refractivity contribution in [1.29, 1.82) is 0 Å². The largest absolute Gasteiger partial charge is 0.484 e. The lowest BCUT2D eigenvalue weighted by molar-refractivity contribution is -0.118. The van der Waals surface area contributed by atoms with E-state index in [-0.39, 0.29) is 34.8 Å². The van der Waals surface area contributed by atoms with Crippen LogP contribution in [0, 0.1) is 6.92 Å². The van der Waals surface area contributed by atoms with Crippen molar-refractivity contribution in [2.45, 2.75) is 33.8 Å². The number of rotatable bonds is 8. The first-order valence-electron chi connectivity index (χ1n) is 8.92. The van der Waals surface area contributed by atoms with Gasteiger partial charge in [-0.1, -0.05) is 22.0 Å². The second-order valence-electron chi connectivity index (χ2n) is 6.23. The second kappa shape index (κ2) is 10.4.